The van der Waals surface area contributed by atoms with Crippen molar-refractivity contribution in [2.75, 3.05) is 0 Å². The van der Waals surface area contributed by atoms with E-state index in [1.54, 1.807) is 0 Å². The fourth-order valence-corrected chi connectivity index (χ4v) is 2.19. The van der Waals surface area contributed by atoms with E-state index in [-0.39, 0.29) is 0 Å². The van der Waals surface area contributed by atoms with E-state index in [0.717, 1.165) is 12.3 Å². The third-order valence-corrected chi connectivity index (χ3v) is 3.29. The van der Waals surface area contributed by atoms with Crippen molar-refractivity contribution in [1.82, 2.24) is 5.43 Å². The lowest BCUT2D eigenvalue weighted by Gasteiger charge is -2.09. The van der Waals surface area contributed by atoms with Gasteiger partial charge >= 0.3 is 0 Å². The van der Waals surface area contributed by atoms with Crippen LogP contribution in [0.1, 0.15) is 18.4 Å². The van der Waals surface area contributed by atoms with Crippen LogP contribution in [0, 0.1) is 0 Å². The zero-order valence-corrected chi connectivity index (χ0v) is 10.3. The zero-order chi connectivity index (χ0) is 12.4. The van der Waals surface area contributed by atoms with Gasteiger partial charge in [0.1, 0.15) is 5.84 Å². The van der Waals surface area contributed by atoms with E-state index in [4.69, 9.17) is 5.84 Å². The molecule has 0 bridgehead atoms. The summed E-state index contributed by atoms with van der Waals surface area (Å²) in [6.45, 7) is 0. The average molecular weight is 239 g/mol. The van der Waals surface area contributed by atoms with Crippen molar-refractivity contribution in [2.45, 2.75) is 25.3 Å². The molecule has 0 radical (unpaired) electrons. The Morgan fingerprint density at radius 2 is 1.94 bits per heavy atom. The largest absolute Gasteiger partial charge is 0.312 e. The minimum atomic E-state index is 0.492. The summed E-state index contributed by atoms with van der Waals surface area (Å²) in [4.78, 5) is 4.59. The summed E-state index contributed by atoms with van der Waals surface area (Å²) in [6, 6.07) is 15.3. The first-order chi connectivity index (χ1) is 8.86. The molecule has 2 aromatic rings. The van der Waals surface area contributed by atoms with E-state index in [2.05, 4.69) is 52.9 Å². The second-order valence-corrected chi connectivity index (χ2v) is 4.77. The summed E-state index contributed by atoms with van der Waals surface area (Å²) in [5.41, 5.74) is 4.01. The van der Waals surface area contributed by atoms with Gasteiger partial charge in [0, 0.05) is 6.42 Å². The van der Waals surface area contributed by atoms with Gasteiger partial charge in [0.25, 0.3) is 0 Å². The molecular formula is C15H17N3. The van der Waals surface area contributed by atoms with Crippen LogP contribution >= 0.6 is 0 Å². The first kappa shape index (κ1) is 11.2. The number of hydrogen-bond donors (Lipinski definition) is 2. The van der Waals surface area contributed by atoms with Gasteiger partial charge in [0.05, 0.1) is 6.04 Å². The van der Waals surface area contributed by atoms with Crippen LogP contribution in [-0.2, 0) is 6.42 Å². The van der Waals surface area contributed by atoms with Crippen LogP contribution in [0.15, 0.2) is 47.5 Å². The maximum atomic E-state index is 5.56. The van der Waals surface area contributed by atoms with E-state index in [9.17, 15) is 0 Å². The first-order valence-corrected chi connectivity index (χ1v) is 6.37. The Balaban J connectivity index is 1.93. The molecule has 92 valence electrons. The van der Waals surface area contributed by atoms with Crippen LogP contribution in [0.4, 0.5) is 0 Å². The second kappa shape index (κ2) is 4.78. The molecule has 3 N–H and O–H groups in total. The van der Waals surface area contributed by atoms with Crippen LogP contribution in [0.25, 0.3) is 10.8 Å². The standard InChI is InChI=1S/C15H17N3/c16-18-15(17-13-8-9-13)10-12-6-3-5-11-4-1-2-7-14(11)12/h1-7,13H,8-10,16H2,(H,17,18). The molecular weight excluding hydrogens is 222 g/mol. The lowest BCUT2D eigenvalue weighted by molar-refractivity contribution is 0.942. The highest BCUT2D eigenvalue weighted by molar-refractivity contribution is 5.92. The van der Waals surface area contributed by atoms with Crippen LogP contribution in [0.5, 0.6) is 0 Å². The number of fused-ring (bicyclic) bond motifs is 1. The maximum Gasteiger partial charge on any atom is 0.115 e. The molecule has 1 fully saturated rings. The number of hydrogen-bond acceptors (Lipinski definition) is 2. The molecule has 0 aliphatic heterocycles. The van der Waals surface area contributed by atoms with Gasteiger partial charge in [-0.25, -0.2) is 5.84 Å². The maximum absolute atomic E-state index is 5.56. The highest BCUT2D eigenvalue weighted by atomic mass is 15.3. The number of amidine groups is 1. The van der Waals surface area contributed by atoms with Gasteiger partial charge in [-0.2, -0.15) is 0 Å². The Hall–Kier alpha value is -1.87. The SMILES string of the molecule is NNC(Cc1cccc2ccccc12)=NC1CC1. The summed E-state index contributed by atoms with van der Waals surface area (Å²) in [6.07, 6.45) is 3.16. The van der Waals surface area contributed by atoms with Gasteiger partial charge in [-0.3, -0.25) is 4.99 Å². The molecule has 18 heavy (non-hydrogen) atoms. The molecule has 0 amide bonds. The Morgan fingerprint density at radius 1 is 1.17 bits per heavy atom. The monoisotopic (exact) mass is 239 g/mol. The average Bonchev–Trinajstić information content (AvgIpc) is 3.22. The van der Waals surface area contributed by atoms with Crippen LogP contribution in [0.3, 0.4) is 0 Å². The van der Waals surface area contributed by atoms with Crippen molar-refractivity contribution in [1.29, 1.82) is 0 Å². The Morgan fingerprint density at radius 3 is 2.72 bits per heavy atom. The lowest BCUT2D eigenvalue weighted by Crippen LogP contribution is -2.32. The lowest BCUT2D eigenvalue weighted by atomic mass is 10.0. The van der Waals surface area contributed by atoms with E-state index >= 15 is 0 Å². The summed E-state index contributed by atoms with van der Waals surface area (Å²) >= 11 is 0. The van der Waals surface area contributed by atoms with Gasteiger partial charge in [0.2, 0.25) is 0 Å². The number of aliphatic imine (C=N–C) groups is 1. The van der Waals surface area contributed by atoms with E-state index < -0.39 is 0 Å². The Bertz CT molecular complexity index is 580. The molecule has 0 aromatic heterocycles. The number of rotatable bonds is 3. The normalized spacial score (nSPS) is 15.9. The number of benzene rings is 2. The van der Waals surface area contributed by atoms with Crippen molar-refractivity contribution in [3.05, 3.63) is 48.0 Å². The Labute approximate surface area is 107 Å². The highest BCUT2D eigenvalue weighted by Gasteiger charge is 2.21. The third kappa shape index (κ3) is 2.36. The van der Waals surface area contributed by atoms with Crippen molar-refractivity contribution in [3.8, 4) is 0 Å². The predicted octanol–water partition coefficient (Wildman–Crippen LogP) is 2.41. The van der Waals surface area contributed by atoms with E-state index in [1.165, 1.54) is 29.2 Å². The molecule has 0 spiro atoms. The number of nitrogens with two attached hydrogens (primary N) is 1. The molecule has 0 atom stereocenters. The third-order valence-electron chi connectivity index (χ3n) is 3.29. The molecule has 0 saturated heterocycles. The molecule has 2 aromatic carbocycles. The minimum Gasteiger partial charge on any atom is -0.312 e. The van der Waals surface area contributed by atoms with Crippen LogP contribution in [-0.4, -0.2) is 11.9 Å². The minimum absolute atomic E-state index is 0.492. The van der Waals surface area contributed by atoms with Crippen molar-refractivity contribution in [3.63, 3.8) is 0 Å². The summed E-state index contributed by atoms with van der Waals surface area (Å²) in [5, 5.41) is 2.54. The van der Waals surface area contributed by atoms with Crippen LogP contribution in [0.2, 0.25) is 0 Å². The van der Waals surface area contributed by atoms with Crippen molar-refractivity contribution >= 4 is 16.6 Å². The number of nitrogens with zero attached hydrogens (tertiary/aromatic N) is 1. The summed E-state index contributed by atoms with van der Waals surface area (Å²) in [7, 11) is 0. The van der Waals surface area contributed by atoms with E-state index in [0.29, 0.717) is 6.04 Å². The molecule has 3 heteroatoms. The molecule has 1 aliphatic carbocycles. The predicted molar refractivity (Wildman–Crippen MR) is 75.4 cm³/mol. The first-order valence-electron chi connectivity index (χ1n) is 6.37. The molecule has 3 nitrogen and oxygen atoms in total. The number of nitrogens with one attached hydrogen (secondary N) is 1. The van der Waals surface area contributed by atoms with E-state index in [1.807, 2.05) is 0 Å². The molecule has 3 rings (SSSR count). The fraction of sp³-hybridized carbons (Fsp3) is 0.267. The van der Waals surface area contributed by atoms with Gasteiger partial charge < -0.3 is 5.43 Å². The topological polar surface area (TPSA) is 50.4 Å². The Kier molecular flexibility index (Phi) is 2.99. The van der Waals surface area contributed by atoms with Gasteiger partial charge in [0.15, 0.2) is 0 Å². The fourth-order valence-electron chi connectivity index (χ4n) is 2.19. The molecule has 0 heterocycles. The summed E-state index contributed by atoms with van der Waals surface area (Å²) < 4.78 is 0. The van der Waals surface area contributed by atoms with Crippen molar-refractivity contribution in [2.24, 2.45) is 10.8 Å². The second-order valence-electron chi connectivity index (χ2n) is 4.77. The highest BCUT2D eigenvalue weighted by Crippen LogP contribution is 2.24. The van der Waals surface area contributed by atoms with Gasteiger partial charge in [-0.1, -0.05) is 42.5 Å². The van der Waals surface area contributed by atoms with Crippen LogP contribution < -0.4 is 11.3 Å². The molecule has 1 aliphatic rings. The van der Waals surface area contributed by atoms with Gasteiger partial charge in [-0.05, 0) is 29.2 Å². The summed E-state index contributed by atoms with van der Waals surface area (Å²) in [5.74, 6) is 6.44. The van der Waals surface area contributed by atoms with Gasteiger partial charge in [-0.15, -0.1) is 0 Å². The van der Waals surface area contributed by atoms with Crippen molar-refractivity contribution < 1.29 is 0 Å². The quantitative estimate of drug-likeness (QED) is 0.374. The zero-order valence-electron chi connectivity index (χ0n) is 10.3. The number of hydrazine groups is 1. The molecule has 0 unspecified atom stereocenters. The molecule has 1 saturated carbocycles. The smallest absolute Gasteiger partial charge is 0.115 e.